The summed E-state index contributed by atoms with van der Waals surface area (Å²) in [5.74, 6) is -0.673. The highest BCUT2D eigenvalue weighted by Crippen LogP contribution is 2.29. The standard InChI is InChI=1S/C19H14Cl2FN3O/c20-15-5-3-7-17(18(15)21)25-19(26)13-8-14(11-23-9-13)24-10-12-4-1-2-6-16(12)22/h1-9,11,24H,10H2,(H,25,26). The first-order valence-corrected chi connectivity index (χ1v) is 8.48. The normalized spacial score (nSPS) is 10.4. The van der Waals surface area contributed by atoms with Crippen molar-refractivity contribution in [3.05, 3.63) is 87.9 Å². The monoisotopic (exact) mass is 389 g/mol. The van der Waals surface area contributed by atoms with Crippen LogP contribution in [0.2, 0.25) is 10.0 Å². The van der Waals surface area contributed by atoms with Crippen LogP contribution in [0.15, 0.2) is 60.9 Å². The molecule has 0 spiro atoms. The Bertz CT molecular complexity index is 950. The predicted octanol–water partition coefficient (Wildman–Crippen LogP) is 5.39. The average molecular weight is 390 g/mol. The van der Waals surface area contributed by atoms with Crippen LogP contribution in [-0.2, 0) is 6.54 Å². The third kappa shape index (κ3) is 4.31. The van der Waals surface area contributed by atoms with Crippen LogP contribution >= 0.6 is 23.2 Å². The van der Waals surface area contributed by atoms with Crippen molar-refractivity contribution >= 4 is 40.5 Å². The van der Waals surface area contributed by atoms with Crippen molar-refractivity contribution in [2.45, 2.75) is 6.54 Å². The Morgan fingerprint density at radius 1 is 1.08 bits per heavy atom. The molecule has 0 saturated heterocycles. The molecule has 0 bridgehead atoms. The fourth-order valence-corrected chi connectivity index (χ4v) is 2.64. The maximum Gasteiger partial charge on any atom is 0.257 e. The van der Waals surface area contributed by atoms with Gasteiger partial charge in [0.1, 0.15) is 5.82 Å². The largest absolute Gasteiger partial charge is 0.380 e. The molecule has 1 heterocycles. The molecule has 0 unspecified atom stereocenters. The molecule has 0 aliphatic carbocycles. The van der Waals surface area contributed by atoms with Gasteiger partial charge in [-0.05, 0) is 24.3 Å². The van der Waals surface area contributed by atoms with Crippen molar-refractivity contribution in [1.82, 2.24) is 4.98 Å². The van der Waals surface area contributed by atoms with E-state index < -0.39 is 0 Å². The number of halogens is 3. The van der Waals surface area contributed by atoms with Crippen molar-refractivity contribution in [1.29, 1.82) is 0 Å². The van der Waals surface area contributed by atoms with Crippen molar-refractivity contribution in [2.75, 3.05) is 10.6 Å². The molecule has 1 aromatic heterocycles. The van der Waals surface area contributed by atoms with Crippen molar-refractivity contribution in [2.24, 2.45) is 0 Å². The van der Waals surface area contributed by atoms with E-state index in [1.54, 1.807) is 48.7 Å². The van der Waals surface area contributed by atoms with Gasteiger partial charge in [0, 0.05) is 24.5 Å². The topological polar surface area (TPSA) is 54.0 Å². The average Bonchev–Trinajstić information content (AvgIpc) is 2.65. The number of nitrogens with one attached hydrogen (secondary N) is 2. The molecule has 26 heavy (non-hydrogen) atoms. The molecule has 0 fully saturated rings. The second-order valence-electron chi connectivity index (χ2n) is 5.46. The molecule has 0 saturated carbocycles. The van der Waals surface area contributed by atoms with E-state index >= 15 is 0 Å². The third-order valence-electron chi connectivity index (χ3n) is 3.64. The summed E-state index contributed by atoms with van der Waals surface area (Å²) in [5, 5.41) is 6.36. The molecule has 1 amide bonds. The minimum absolute atomic E-state index is 0.268. The number of aromatic nitrogens is 1. The van der Waals surface area contributed by atoms with E-state index in [-0.39, 0.29) is 23.3 Å². The lowest BCUT2D eigenvalue weighted by Gasteiger charge is -2.10. The molecule has 4 nitrogen and oxygen atoms in total. The van der Waals surface area contributed by atoms with Gasteiger partial charge in [0.05, 0.1) is 27.0 Å². The Morgan fingerprint density at radius 2 is 1.88 bits per heavy atom. The van der Waals surface area contributed by atoms with E-state index in [4.69, 9.17) is 23.2 Å². The molecule has 0 aliphatic heterocycles. The van der Waals surface area contributed by atoms with Crippen LogP contribution in [0.25, 0.3) is 0 Å². The zero-order chi connectivity index (χ0) is 18.5. The predicted molar refractivity (Wildman–Crippen MR) is 102 cm³/mol. The molecule has 2 N–H and O–H groups in total. The minimum Gasteiger partial charge on any atom is -0.380 e. The third-order valence-corrected chi connectivity index (χ3v) is 4.46. The van der Waals surface area contributed by atoms with E-state index in [0.717, 1.165) is 0 Å². The highest BCUT2D eigenvalue weighted by atomic mass is 35.5. The van der Waals surface area contributed by atoms with Gasteiger partial charge in [0.25, 0.3) is 5.91 Å². The number of nitrogens with zero attached hydrogens (tertiary/aromatic N) is 1. The Kier molecular flexibility index (Phi) is 5.71. The summed E-state index contributed by atoms with van der Waals surface area (Å²) in [6.07, 6.45) is 2.99. The first-order valence-electron chi connectivity index (χ1n) is 7.72. The Labute approximate surface area is 160 Å². The van der Waals surface area contributed by atoms with Crippen molar-refractivity contribution in [3.8, 4) is 0 Å². The zero-order valence-electron chi connectivity index (χ0n) is 13.5. The van der Waals surface area contributed by atoms with Gasteiger partial charge in [-0.15, -0.1) is 0 Å². The summed E-state index contributed by atoms with van der Waals surface area (Å²) in [4.78, 5) is 16.5. The lowest BCUT2D eigenvalue weighted by molar-refractivity contribution is 0.102. The molecular formula is C19H14Cl2FN3O. The lowest BCUT2D eigenvalue weighted by Crippen LogP contribution is -2.13. The van der Waals surface area contributed by atoms with Gasteiger partial charge in [0.15, 0.2) is 0 Å². The molecule has 2 aromatic carbocycles. The molecule has 3 aromatic rings. The number of amides is 1. The highest BCUT2D eigenvalue weighted by Gasteiger charge is 2.11. The zero-order valence-corrected chi connectivity index (χ0v) is 15.0. The summed E-state index contributed by atoms with van der Waals surface area (Å²) >= 11 is 12.0. The van der Waals surface area contributed by atoms with Crippen LogP contribution in [0.5, 0.6) is 0 Å². The van der Waals surface area contributed by atoms with Crippen LogP contribution in [-0.4, -0.2) is 10.9 Å². The Hall–Kier alpha value is -2.63. The van der Waals surface area contributed by atoms with Crippen LogP contribution in [0.1, 0.15) is 15.9 Å². The minimum atomic E-state index is -0.379. The van der Waals surface area contributed by atoms with Gasteiger partial charge < -0.3 is 10.6 Å². The second kappa shape index (κ2) is 8.17. The summed E-state index contributed by atoms with van der Waals surface area (Å²) in [6.45, 7) is 0.277. The summed E-state index contributed by atoms with van der Waals surface area (Å²) < 4.78 is 13.7. The van der Waals surface area contributed by atoms with Crippen LogP contribution in [0.3, 0.4) is 0 Å². The molecule has 7 heteroatoms. The van der Waals surface area contributed by atoms with E-state index in [2.05, 4.69) is 15.6 Å². The maximum atomic E-state index is 13.7. The van der Waals surface area contributed by atoms with Gasteiger partial charge >= 0.3 is 0 Å². The van der Waals surface area contributed by atoms with E-state index in [0.29, 0.717) is 27.5 Å². The summed E-state index contributed by atoms with van der Waals surface area (Å²) in [7, 11) is 0. The first kappa shape index (κ1) is 18.2. The number of carbonyl (C=O) groups is 1. The van der Waals surface area contributed by atoms with E-state index in [1.165, 1.54) is 12.3 Å². The van der Waals surface area contributed by atoms with Gasteiger partial charge in [-0.25, -0.2) is 4.39 Å². The molecule has 0 atom stereocenters. The number of anilines is 2. The SMILES string of the molecule is O=C(Nc1cccc(Cl)c1Cl)c1cncc(NCc2ccccc2F)c1. The fraction of sp³-hybridized carbons (Fsp3) is 0.0526. The number of benzene rings is 2. The van der Waals surface area contributed by atoms with Gasteiger partial charge in [-0.1, -0.05) is 47.5 Å². The summed E-state index contributed by atoms with van der Waals surface area (Å²) in [6, 6.07) is 13.1. The van der Waals surface area contributed by atoms with Gasteiger partial charge in [-0.2, -0.15) is 0 Å². The number of carbonyl (C=O) groups excluding carboxylic acids is 1. The maximum absolute atomic E-state index is 13.7. The molecule has 3 rings (SSSR count). The lowest BCUT2D eigenvalue weighted by atomic mass is 10.2. The molecule has 132 valence electrons. The van der Waals surface area contributed by atoms with Crippen LogP contribution in [0.4, 0.5) is 15.8 Å². The fourth-order valence-electron chi connectivity index (χ4n) is 2.29. The first-order chi connectivity index (χ1) is 12.5. The number of hydrogen-bond acceptors (Lipinski definition) is 3. The Morgan fingerprint density at radius 3 is 2.69 bits per heavy atom. The van der Waals surface area contributed by atoms with Gasteiger partial charge in [-0.3, -0.25) is 9.78 Å². The van der Waals surface area contributed by atoms with Crippen molar-refractivity contribution < 1.29 is 9.18 Å². The Balaban J connectivity index is 1.71. The quantitative estimate of drug-likeness (QED) is 0.614. The smallest absolute Gasteiger partial charge is 0.257 e. The highest BCUT2D eigenvalue weighted by molar-refractivity contribution is 6.44. The number of hydrogen-bond donors (Lipinski definition) is 2. The summed E-state index contributed by atoms with van der Waals surface area (Å²) in [5.41, 5.74) is 1.86. The van der Waals surface area contributed by atoms with Crippen molar-refractivity contribution in [3.63, 3.8) is 0 Å². The van der Waals surface area contributed by atoms with Gasteiger partial charge in [0.2, 0.25) is 0 Å². The molecule has 0 aliphatic rings. The molecular weight excluding hydrogens is 376 g/mol. The number of rotatable bonds is 5. The second-order valence-corrected chi connectivity index (χ2v) is 6.25. The van der Waals surface area contributed by atoms with Crippen LogP contribution < -0.4 is 10.6 Å². The molecule has 0 radical (unpaired) electrons. The number of pyridine rings is 1. The van der Waals surface area contributed by atoms with E-state index in [9.17, 15) is 9.18 Å². The van der Waals surface area contributed by atoms with E-state index in [1.807, 2.05) is 0 Å². The van der Waals surface area contributed by atoms with Crippen LogP contribution in [0, 0.1) is 5.82 Å².